The zero-order valence-corrected chi connectivity index (χ0v) is 8.70. The number of carbonyl (C=O) groups is 1. The minimum atomic E-state index is -0.858. The predicted octanol–water partition coefficient (Wildman–Crippen LogP) is 2.43. The molecule has 15 heavy (non-hydrogen) atoms. The molecule has 4 heteroatoms. The molecule has 0 bridgehead atoms. The monoisotopic (exact) mass is 219 g/mol. The van der Waals surface area contributed by atoms with Gasteiger partial charge in [-0.3, -0.25) is 4.98 Å². The summed E-state index contributed by atoms with van der Waals surface area (Å²) in [6.45, 7) is 0. The number of hydrogen-bond donors (Lipinski definition) is 1. The predicted molar refractivity (Wildman–Crippen MR) is 58.3 cm³/mol. The third-order valence-electron chi connectivity index (χ3n) is 2.06. The van der Waals surface area contributed by atoms with Crippen LogP contribution in [0.25, 0.3) is 0 Å². The van der Waals surface area contributed by atoms with Crippen LogP contribution in [0.4, 0.5) is 0 Å². The maximum atomic E-state index is 10.9. The molecule has 0 saturated heterocycles. The van der Waals surface area contributed by atoms with E-state index in [0.717, 1.165) is 11.1 Å². The lowest BCUT2D eigenvalue weighted by atomic mass is 10.1. The summed E-state index contributed by atoms with van der Waals surface area (Å²) in [5.74, 6) is -0.858. The second kappa shape index (κ2) is 4.23. The summed E-state index contributed by atoms with van der Waals surface area (Å²) < 4.78 is 0. The van der Waals surface area contributed by atoms with Crippen LogP contribution in [0.5, 0.6) is 0 Å². The average molecular weight is 219 g/mol. The first kappa shape index (κ1) is 9.86. The Kier molecular flexibility index (Phi) is 2.78. The summed E-state index contributed by atoms with van der Waals surface area (Å²) in [5.41, 5.74) is 1.87. The topological polar surface area (TPSA) is 50.2 Å². The number of aromatic carboxylic acids is 1. The maximum Gasteiger partial charge on any atom is 0.346 e. The van der Waals surface area contributed by atoms with Crippen molar-refractivity contribution in [2.24, 2.45) is 0 Å². The van der Waals surface area contributed by atoms with Gasteiger partial charge in [0.05, 0.1) is 0 Å². The van der Waals surface area contributed by atoms with E-state index in [4.69, 9.17) is 5.11 Å². The molecule has 1 N–H and O–H groups in total. The van der Waals surface area contributed by atoms with Gasteiger partial charge in [-0.25, -0.2) is 4.79 Å². The molecule has 0 radical (unpaired) electrons. The van der Waals surface area contributed by atoms with Gasteiger partial charge in [0.15, 0.2) is 0 Å². The van der Waals surface area contributed by atoms with Crippen LogP contribution >= 0.6 is 11.3 Å². The van der Waals surface area contributed by atoms with Crippen LogP contribution in [0.15, 0.2) is 36.0 Å². The van der Waals surface area contributed by atoms with Crippen molar-refractivity contribution < 1.29 is 9.90 Å². The molecule has 0 aromatic carbocycles. The highest BCUT2D eigenvalue weighted by molar-refractivity contribution is 7.12. The number of carboxylic acid groups (broad SMARTS) is 1. The van der Waals surface area contributed by atoms with Gasteiger partial charge in [0, 0.05) is 18.8 Å². The Morgan fingerprint density at radius 1 is 1.47 bits per heavy atom. The minimum Gasteiger partial charge on any atom is -0.477 e. The van der Waals surface area contributed by atoms with Gasteiger partial charge in [0.25, 0.3) is 0 Å². The van der Waals surface area contributed by atoms with E-state index in [2.05, 4.69) is 4.98 Å². The number of rotatable bonds is 3. The Balaban J connectivity index is 2.25. The Morgan fingerprint density at radius 2 is 2.33 bits per heavy atom. The molecule has 3 nitrogen and oxygen atoms in total. The second-order valence-electron chi connectivity index (χ2n) is 3.12. The van der Waals surface area contributed by atoms with Gasteiger partial charge in [0.1, 0.15) is 4.88 Å². The average Bonchev–Trinajstić information content (AvgIpc) is 2.67. The fourth-order valence-corrected chi connectivity index (χ4v) is 2.15. The zero-order chi connectivity index (χ0) is 10.7. The molecular weight excluding hydrogens is 210 g/mol. The molecule has 0 unspecified atom stereocenters. The Morgan fingerprint density at radius 3 is 3.00 bits per heavy atom. The molecule has 0 aliphatic rings. The summed E-state index contributed by atoms with van der Waals surface area (Å²) >= 11 is 1.26. The molecule has 2 aromatic rings. The van der Waals surface area contributed by atoms with E-state index in [9.17, 15) is 4.79 Å². The lowest BCUT2D eigenvalue weighted by molar-refractivity contribution is 0.0701. The Bertz CT molecular complexity index is 464. The third kappa shape index (κ3) is 2.22. The van der Waals surface area contributed by atoms with Gasteiger partial charge < -0.3 is 5.11 Å². The van der Waals surface area contributed by atoms with E-state index in [1.807, 2.05) is 18.2 Å². The van der Waals surface area contributed by atoms with Gasteiger partial charge >= 0.3 is 5.97 Å². The summed E-state index contributed by atoms with van der Waals surface area (Å²) in [4.78, 5) is 15.3. The molecule has 0 atom stereocenters. The molecule has 0 saturated carbocycles. The number of pyridine rings is 1. The van der Waals surface area contributed by atoms with Crippen LogP contribution in [0.1, 0.15) is 20.8 Å². The fraction of sp³-hybridized carbons (Fsp3) is 0.0909. The van der Waals surface area contributed by atoms with Gasteiger partial charge in [-0.15, -0.1) is 11.3 Å². The van der Waals surface area contributed by atoms with E-state index in [0.29, 0.717) is 11.3 Å². The SMILES string of the molecule is O=C(O)c1sccc1Cc1cccnc1. The molecule has 76 valence electrons. The van der Waals surface area contributed by atoms with Crippen molar-refractivity contribution in [2.75, 3.05) is 0 Å². The first-order chi connectivity index (χ1) is 7.27. The molecule has 0 spiro atoms. The van der Waals surface area contributed by atoms with Gasteiger partial charge in [-0.05, 0) is 28.6 Å². The van der Waals surface area contributed by atoms with E-state index in [1.54, 1.807) is 17.8 Å². The highest BCUT2D eigenvalue weighted by Crippen LogP contribution is 2.19. The van der Waals surface area contributed by atoms with Crippen LogP contribution in [0.2, 0.25) is 0 Å². The van der Waals surface area contributed by atoms with Gasteiger partial charge in [-0.1, -0.05) is 6.07 Å². The highest BCUT2D eigenvalue weighted by Gasteiger charge is 2.11. The Hall–Kier alpha value is -1.68. The lowest BCUT2D eigenvalue weighted by Gasteiger charge is -1.99. The van der Waals surface area contributed by atoms with Crippen molar-refractivity contribution in [3.8, 4) is 0 Å². The van der Waals surface area contributed by atoms with E-state index >= 15 is 0 Å². The van der Waals surface area contributed by atoms with Crippen molar-refractivity contribution in [1.29, 1.82) is 0 Å². The number of thiophene rings is 1. The maximum absolute atomic E-state index is 10.9. The van der Waals surface area contributed by atoms with Crippen LogP contribution in [-0.4, -0.2) is 16.1 Å². The number of aromatic nitrogens is 1. The van der Waals surface area contributed by atoms with Crippen LogP contribution in [0.3, 0.4) is 0 Å². The number of nitrogens with zero attached hydrogens (tertiary/aromatic N) is 1. The second-order valence-corrected chi connectivity index (χ2v) is 4.03. The van der Waals surface area contributed by atoms with Crippen LogP contribution < -0.4 is 0 Å². The molecule has 2 rings (SSSR count). The van der Waals surface area contributed by atoms with Crippen molar-refractivity contribution in [3.05, 3.63) is 52.0 Å². The standard InChI is InChI=1S/C11H9NO2S/c13-11(14)10-9(3-5-15-10)6-8-2-1-4-12-7-8/h1-5,7H,6H2,(H,13,14). The van der Waals surface area contributed by atoms with Gasteiger partial charge in [0.2, 0.25) is 0 Å². The number of carboxylic acids is 1. The van der Waals surface area contributed by atoms with Crippen LogP contribution in [0, 0.1) is 0 Å². The highest BCUT2D eigenvalue weighted by atomic mass is 32.1. The smallest absolute Gasteiger partial charge is 0.346 e. The number of hydrogen-bond acceptors (Lipinski definition) is 3. The zero-order valence-electron chi connectivity index (χ0n) is 7.88. The first-order valence-corrected chi connectivity index (χ1v) is 5.34. The molecule has 0 amide bonds. The van der Waals surface area contributed by atoms with E-state index in [-0.39, 0.29) is 0 Å². The van der Waals surface area contributed by atoms with E-state index in [1.165, 1.54) is 11.3 Å². The molecule has 0 fully saturated rings. The van der Waals surface area contributed by atoms with Gasteiger partial charge in [-0.2, -0.15) is 0 Å². The van der Waals surface area contributed by atoms with Crippen molar-refractivity contribution in [2.45, 2.75) is 6.42 Å². The lowest BCUT2D eigenvalue weighted by Crippen LogP contribution is -1.98. The summed E-state index contributed by atoms with van der Waals surface area (Å²) in [6.07, 6.45) is 4.08. The third-order valence-corrected chi connectivity index (χ3v) is 3.00. The van der Waals surface area contributed by atoms with Crippen molar-refractivity contribution in [3.63, 3.8) is 0 Å². The molecule has 0 aliphatic heterocycles. The van der Waals surface area contributed by atoms with Crippen molar-refractivity contribution in [1.82, 2.24) is 4.98 Å². The normalized spacial score (nSPS) is 10.1. The van der Waals surface area contributed by atoms with Crippen molar-refractivity contribution >= 4 is 17.3 Å². The summed E-state index contributed by atoms with van der Waals surface area (Å²) in [7, 11) is 0. The summed E-state index contributed by atoms with van der Waals surface area (Å²) in [5, 5.41) is 10.7. The van der Waals surface area contributed by atoms with Crippen LogP contribution in [-0.2, 0) is 6.42 Å². The molecular formula is C11H9NO2S. The fourth-order valence-electron chi connectivity index (χ4n) is 1.39. The molecule has 2 heterocycles. The largest absolute Gasteiger partial charge is 0.477 e. The van der Waals surface area contributed by atoms with E-state index < -0.39 is 5.97 Å². The molecule has 2 aromatic heterocycles. The quantitative estimate of drug-likeness (QED) is 0.862. The minimum absolute atomic E-state index is 0.416. The summed E-state index contributed by atoms with van der Waals surface area (Å²) in [6, 6.07) is 5.64. The molecule has 0 aliphatic carbocycles. The first-order valence-electron chi connectivity index (χ1n) is 4.46. The Labute approximate surface area is 91.0 Å².